The van der Waals surface area contributed by atoms with E-state index in [0.29, 0.717) is 0 Å². The summed E-state index contributed by atoms with van der Waals surface area (Å²) < 4.78 is 31.7. The first-order chi connectivity index (χ1) is 11.3. The van der Waals surface area contributed by atoms with Crippen LogP contribution in [-0.2, 0) is 14.8 Å². The van der Waals surface area contributed by atoms with Crippen LogP contribution in [0.1, 0.15) is 29.0 Å². The van der Waals surface area contributed by atoms with Gasteiger partial charge in [0.15, 0.2) is 5.69 Å². The van der Waals surface area contributed by atoms with Crippen LogP contribution in [0.4, 0.5) is 0 Å². The summed E-state index contributed by atoms with van der Waals surface area (Å²) in [6.07, 6.45) is 0. The fraction of sp³-hybridized carbons (Fsp3) is 0.250. The summed E-state index contributed by atoms with van der Waals surface area (Å²) in [5.41, 5.74) is 0.488. The molecule has 0 aliphatic carbocycles. The van der Waals surface area contributed by atoms with Gasteiger partial charge in [0, 0.05) is 13.1 Å². The van der Waals surface area contributed by atoms with Gasteiger partial charge in [0.05, 0.1) is 7.11 Å². The maximum Gasteiger partial charge on any atom is 0.358 e. The molecule has 0 amide bonds. The summed E-state index contributed by atoms with van der Waals surface area (Å²) >= 11 is 5.78. The van der Waals surface area contributed by atoms with E-state index < -0.39 is 22.0 Å². The Hall–Kier alpha value is -1.96. The van der Waals surface area contributed by atoms with Gasteiger partial charge in [-0.3, -0.25) is 0 Å². The van der Waals surface area contributed by atoms with E-state index in [4.69, 9.17) is 11.6 Å². The van der Waals surface area contributed by atoms with Crippen molar-refractivity contribution in [2.45, 2.75) is 17.9 Å². The van der Waals surface area contributed by atoms with E-state index in [1.54, 1.807) is 6.92 Å². The van der Waals surface area contributed by atoms with E-state index in [1.165, 1.54) is 23.5 Å². The number of nitrogens with zero attached hydrogens (tertiary/aromatic N) is 2. The number of hydrogen-bond donors (Lipinski definition) is 0. The van der Waals surface area contributed by atoms with Crippen molar-refractivity contribution in [1.82, 2.24) is 9.29 Å². The number of sulfonamides is 1. The number of halogens is 1. The molecule has 0 aliphatic heterocycles. The van der Waals surface area contributed by atoms with Crippen LogP contribution in [0.5, 0.6) is 0 Å². The highest BCUT2D eigenvalue weighted by Crippen LogP contribution is 2.28. The van der Waals surface area contributed by atoms with Gasteiger partial charge in [0.1, 0.15) is 10.0 Å². The van der Waals surface area contributed by atoms with Crippen molar-refractivity contribution in [1.29, 1.82) is 0 Å². The molecule has 128 valence electrons. The molecule has 1 heterocycles. The SMILES string of the molecule is COC(=O)c1nc(Cl)ccc1S(=O)(=O)N(C)[C@H](C)c1ccccc1. The first-order valence-electron chi connectivity index (χ1n) is 7.07. The van der Waals surface area contributed by atoms with Crippen molar-refractivity contribution in [3.63, 3.8) is 0 Å². The maximum atomic E-state index is 12.9. The number of methoxy groups -OCH3 is 1. The minimum Gasteiger partial charge on any atom is -0.464 e. The Morgan fingerprint density at radius 2 is 1.83 bits per heavy atom. The van der Waals surface area contributed by atoms with E-state index in [2.05, 4.69) is 9.72 Å². The predicted molar refractivity (Wildman–Crippen MR) is 90.4 cm³/mol. The zero-order valence-corrected chi connectivity index (χ0v) is 15.0. The molecule has 8 heteroatoms. The molecule has 0 unspecified atom stereocenters. The maximum absolute atomic E-state index is 12.9. The van der Waals surface area contributed by atoms with Crippen molar-refractivity contribution in [2.24, 2.45) is 0 Å². The normalized spacial score (nSPS) is 12.9. The minimum atomic E-state index is -3.98. The van der Waals surface area contributed by atoms with Gasteiger partial charge in [-0.2, -0.15) is 4.31 Å². The Balaban J connectivity index is 2.49. The van der Waals surface area contributed by atoms with E-state index in [1.807, 2.05) is 30.3 Å². The van der Waals surface area contributed by atoms with Gasteiger partial charge < -0.3 is 4.74 Å². The van der Waals surface area contributed by atoms with Crippen LogP contribution in [0.2, 0.25) is 5.15 Å². The molecular weight excluding hydrogens is 352 g/mol. The average Bonchev–Trinajstić information content (AvgIpc) is 2.60. The van der Waals surface area contributed by atoms with E-state index in [-0.39, 0.29) is 15.7 Å². The van der Waals surface area contributed by atoms with Gasteiger partial charge in [-0.1, -0.05) is 41.9 Å². The highest BCUT2D eigenvalue weighted by Gasteiger charge is 2.31. The zero-order chi connectivity index (χ0) is 17.9. The number of carbonyl (C=O) groups is 1. The second-order valence-corrected chi connectivity index (χ2v) is 7.43. The minimum absolute atomic E-state index is 0.00751. The Morgan fingerprint density at radius 1 is 1.21 bits per heavy atom. The van der Waals surface area contributed by atoms with Gasteiger partial charge in [-0.15, -0.1) is 0 Å². The number of rotatable bonds is 5. The third-order valence-electron chi connectivity index (χ3n) is 3.69. The summed E-state index contributed by atoms with van der Waals surface area (Å²) in [5.74, 6) is -0.864. The number of pyridine rings is 1. The molecule has 1 atom stereocenters. The zero-order valence-electron chi connectivity index (χ0n) is 13.4. The Morgan fingerprint density at radius 3 is 2.42 bits per heavy atom. The van der Waals surface area contributed by atoms with Gasteiger partial charge in [0.2, 0.25) is 10.0 Å². The van der Waals surface area contributed by atoms with Crippen molar-refractivity contribution in [3.8, 4) is 0 Å². The Bertz CT molecular complexity index is 840. The lowest BCUT2D eigenvalue weighted by Crippen LogP contribution is -2.31. The molecule has 1 aromatic heterocycles. The molecule has 2 rings (SSSR count). The van der Waals surface area contributed by atoms with Crippen molar-refractivity contribution < 1.29 is 17.9 Å². The number of hydrogen-bond acceptors (Lipinski definition) is 5. The standard InChI is InChI=1S/C16H17ClN2O4S/c1-11(12-7-5-4-6-8-12)19(2)24(21,22)13-9-10-14(17)18-15(13)16(20)23-3/h4-11H,1-3H3/t11-/m1/s1. The topological polar surface area (TPSA) is 76.6 Å². The fourth-order valence-corrected chi connectivity index (χ4v) is 3.79. The molecule has 0 saturated heterocycles. The Kier molecular flexibility index (Phi) is 5.58. The molecule has 0 radical (unpaired) electrons. The summed E-state index contributed by atoms with van der Waals surface area (Å²) in [7, 11) is -1.38. The highest BCUT2D eigenvalue weighted by atomic mass is 35.5. The molecule has 0 bridgehead atoms. The van der Waals surface area contributed by atoms with Gasteiger partial charge in [-0.05, 0) is 24.6 Å². The second-order valence-electron chi connectivity index (χ2n) is 5.08. The molecule has 0 aliphatic rings. The molecule has 0 saturated carbocycles. The summed E-state index contributed by atoms with van der Waals surface area (Å²) in [6.45, 7) is 1.76. The van der Waals surface area contributed by atoms with Crippen LogP contribution in [0.3, 0.4) is 0 Å². The molecule has 2 aromatic rings. The van der Waals surface area contributed by atoms with Crippen molar-refractivity contribution in [3.05, 3.63) is 58.9 Å². The lowest BCUT2D eigenvalue weighted by Gasteiger charge is -2.25. The van der Waals surface area contributed by atoms with Crippen molar-refractivity contribution in [2.75, 3.05) is 14.2 Å². The average molecular weight is 369 g/mol. The smallest absolute Gasteiger partial charge is 0.358 e. The second kappa shape index (κ2) is 7.29. The number of ether oxygens (including phenoxy) is 1. The van der Waals surface area contributed by atoms with Crippen LogP contribution in [0.25, 0.3) is 0 Å². The monoisotopic (exact) mass is 368 g/mol. The van der Waals surface area contributed by atoms with Gasteiger partial charge in [-0.25, -0.2) is 18.2 Å². The van der Waals surface area contributed by atoms with E-state index in [0.717, 1.165) is 12.7 Å². The Labute approximate surface area is 146 Å². The lowest BCUT2D eigenvalue weighted by atomic mass is 10.1. The van der Waals surface area contributed by atoms with Crippen LogP contribution in [0, 0.1) is 0 Å². The number of carbonyl (C=O) groups excluding carboxylic acids is 1. The third kappa shape index (κ3) is 3.58. The molecule has 6 nitrogen and oxygen atoms in total. The van der Waals surface area contributed by atoms with Crippen LogP contribution < -0.4 is 0 Å². The summed E-state index contributed by atoms with van der Waals surface area (Å²) in [4.78, 5) is 15.4. The number of aromatic nitrogens is 1. The first-order valence-corrected chi connectivity index (χ1v) is 8.88. The number of esters is 1. The summed E-state index contributed by atoms with van der Waals surface area (Å²) in [5, 5.41) is 0.00751. The fourth-order valence-electron chi connectivity index (χ4n) is 2.18. The molecule has 0 spiro atoms. The molecular formula is C16H17ClN2O4S. The van der Waals surface area contributed by atoms with Crippen molar-refractivity contribution >= 4 is 27.6 Å². The molecule has 0 N–H and O–H groups in total. The molecule has 1 aromatic carbocycles. The highest BCUT2D eigenvalue weighted by molar-refractivity contribution is 7.89. The third-order valence-corrected chi connectivity index (χ3v) is 5.86. The predicted octanol–water partition coefficient (Wildman–Crippen LogP) is 2.90. The molecule has 24 heavy (non-hydrogen) atoms. The quantitative estimate of drug-likeness (QED) is 0.599. The van der Waals surface area contributed by atoms with E-state index in [9.17, 15) is 13.2 Å². The van der Waals surface area contributed by atoms with Crippen LogP contribution in [0.15, 0.2) is 47.4 Å². The van der Waals surface area contributed by atoms with E-state index >= 15 is 0 Å². The van der Waals surface area contributed by atoms with Crippen LogP contribution >= 0.6 is 11.6 Å². The first kappa shape index (κ1) is 18.4. The van der Waals surface area contributed by atoms with Gasteiger partial charge >= 0.3 is 5.97 Å². The number of benzene rings is 1. The largest absolute Gasteiger partial charge is 0.464 e. The van der Waals surface area contributed by atoms with Gasteiger partial charge in [0.25, 0.3) is 0 Å². The molecule has 0 fully saturated rings. The van der Waals surface area contributed by atoms with Crippen LogP contribution in [-0.4, -0.2) is 37.8 Å². The lowest BCUT2D eigenvalue weighted by molar-refractivity contribution is 0.0589. The summed E-state index contributed by atoms with van der Waals surface area (Å²) in [6, 6.07) is 11.3.